The zero-order chi connectivity index (χ0) is 17.3. The van der Waals surface area contributed by atoms with Crippen molar-refractivity contribution in [2.75, 3.05) is 5.32 Å². The van der Waals surface area contributed by atoms with Gasteiger partial charge in [-0.1, -0.05) is 29.8 Å². The van der Waals surface area contributed by atoms with Crippen molar-refractivity contribution < 1.29 is 23.8 Å². The van der Waals surface area contributed by atoms with Gasteiger partial charge in [-0.2, -0.15) is 0 Å². The highest BCUT2D eigenvalue weighted by atomic mass is 35.5. The summed E-state index contributed by atoms with van der Waals surface area (Å²) in [5.74, 6) is -3.37. The first-order chi connectivity index (χ1) is 11.5. The Kier molecular flexibility index (Phi) is 4.14. The summed E-state index contributed by atoms with van der Waals surface area (Å²) >= 11 is 5.68. The van der Waals surface area contributed by atoms with E-state index >= 15 is 0 Å². The van der Waals surface area contributed by atoms with Gasteiger partial charge in [-0.3, -0.25) is 10.1 Å². The first-order valence-electron chi connectivity index (χ1n) is 6.84. The van der Waals surface area contributed by atoms with Gasteiger partial charge in [0.25, 0.3) is 5.91 Å². The average molecular weight is 348 g/mol. The molecule has 0 atom stereocenters. The predicted molar refractivity (Wildman–Crippen MR) is 86.8 cm³/mol. The lowest BCUT2D eigenvalue weighted by molar-refractivity contribution is 0.102. The van der Waals surface area contributed by atoms with E-state index in [1.807, 2.05) is 0 Å². The molecule has 3 N–H and O–H groups in total. The van der Waals surface area contributed by atoms with Crippen LogP contribution in [-0.2, 0) is 0 Å². The number of carbonyl (C=O) groups excluding carboxylic acids is 1. The zero-order valence-electron chi connectivity index (χ0n) is 12.1. The Morgan fingerprint density at radius 1 is 1.08 bits per heavy atom. The van der Waals surface area contributed by atoms with Crippen LogP contribution in [0, 0.1) is 5.82 Å². The van der Waals surface area contributed by atoms with Gasteiger partial charge in [0.2, 0.25) is 17.4 Å². The maximum Gasteiger partial charge on any atom is 0.258 e. The van der Waals surface area contributed by atoms with Crippen molar-refractivity contribution in [1.82, 2.24) is 0 Å². The van der Waals surface area contributed by atoms with E-state index in [-0.39, 0.29) is 22.2 Å². The van der Waals surface area contributed by atoms with Crippen LogP contribution in [0.3, 0.4) is 0 Å². The fourth-order valence-electron chi connectivity index (χ4n) is 2.12. The minimum absolute atomic E-state index is 0.104. The molecule has 122 valence electrons. The lowest BCUT2D eigenvalue weighted by Crippen LogP contribution is -2.11. The number of furan rings is 1. The van der Waals surface area contributed by atoms with Crippen LogP contribution in [0.2, 0.25) is 5.02 Å². The van der Waals surface area contributed by atoms with E-state index in [9.17, 15) is 19.4 Å². The van der Waals surface area contributed by atoms with Crippen LogP contribution >= 0.6 is 11.6 Å². The van der Waals surface area contributed by atoms with Crippen molar-refractivity contribution in [3.8, 4) is 22.8 Å². The number of carbonyl (C=O) groups is 1. The van der Waals surface area contributed by atoms with Crippen molar-refractivity contribution in [1.29, 1.82) is 0 Å². The van der Waals surface area contributed by atoms with Crippen LogP contribution in [0.25, 0.3) is 11.3 Å². The van der Waals surface area contributed by atoms with E-state index in [4.69, 9.17) is 16.0 Å². The van der Waals surface area contributed by atoms with Gasteiger partial charge >= 0.3 is 0 Å². The summed E-state index contributed by atoms with van der Waals surface area (Å²) in [5.41, 5.74) is 0.222. The van der Waals surface area contributed by atoms with Crippen LogP contribution in [0.4, 0.5) is 10.3 Å². The zero-order valence-corrected chi connectivity index (χ0v) is 12.8. The van der Waals surface area contributed by atoms with Crippen molar-refractivity contribution in [2.24, 2.45) is 0 Å². The van der Waals surface area contributed by atoms with E-state index in [0.717, 1.165) is 6.07 Å². The van der Waals surface area contributed by atoms with Crippen molar-refractivity contribution >= 4 is 23.4 Å². The van der Waals surface area contributed by atoms with Crippen LogP contribution in [0.1, 0.15) is 10.4 Å². The molecule has 0 saturated heterocycles. The van der Waals surface area contributed by atoms with E-state index in [1.54, 1.807) is 30.3 Å². The van der Waals surface area contributed by atoms with Gasteiger partial charge in [-0.05, 0) is 30.3 Å². The molecule has 1 aromatic heterocycles. The normalized spacial score (nSPS) is 10.6. The average Bonchev–Trinajstić information content (AvgIpc) is 2.84. The summed E-state index contributed by atoms with van der Waals surface area (Å²) in [4.78, 5) is 12.1. The van der Waals surface area contributed by atoms with E-state index in [0.29, 0.717) is 5.56 Å². The molecule has 0 unspecified atom stereocenters. The quantitative estimate of drug-likeness (QED) is 0.655. The Bertz CT molecular complexity index is 908. The second-order valence-electron chi connectivity index (χ2n) is 4.90. The fraction of sp³-hybridized carbons (Fsp3) is 0. The smallest absolute Gasteiger partial charge is 0.258 e. The minimum atomic E-state index is -0.743. The first-order valence-corrected chi connectivity index (χ1v) is 7.21. The first kappa shape index (κ1) is 15.9. The summed E-state index contributed by atoms with van der Waals surface area (Å²) in [6.07, 6.45) is 0. The van der Waals surface area contributed by atoms with Crippen LogP contribution in [-0.4, -0.2) is 16.1 Å². The molecular weight excluding hydrogens is 337 g/mol. The SMILES string of the molecule is O=C(Nc1oc(-c2ccc(Cl)cc2F)c(O)c1O)c1ccccc1. The van der Waals surface area contributed by atoms with Gasteiger partial charge in [0.15, 0.2) is 5.76 Å². The standard InChI is InChI=1S/C17H11ClFNO4/c18-10-6-7-11(12(19)8-10)15-13(21)14(22)17(24-15)20-16(23)9-4-2-1-3-5-9/h1-8,21-22H,(H,20,23). The Morgan fingerprint density at radius 2 is 1.79 bits per heavy atom. The molecule has 1 heterocycles. The third-order valence-corrected chi connectivity index (χ3v) is 3.53. The number of rotatable bonds is 3. The number of amides is 1. The molecule has 0 fully saturated rings. The number of anilines is 1. The lowest BCUT2D eigenvalue weighted by atomic mass is 10.1. The molecule has 0 saturated carbocycles. The number of hydrogen-bond acceptors (Lipinski definition) is 4. The number of nitrogens with one attached hydrogen (secondary N) is 1. The second kappa shape index (κ2) is 6.25. The topological polar surface area (TPSA) is 82.7 Å². The minimum Gasteiger partial charge on any atom is -0.502 e. The largest absolute Gasteiger partial charge is 0.502 e. The number of hydrogen-bond donors (Lipinski definition) is 3. The molecule has 1 amide bonds. The molecule has 7 heteroatoms. The highest BCUT2D eigenvalue weighted by Crippen LogP contribution is 2.46. The number of halogens is 2. The lowest BCUT2D eigenvalue weighted by Gasteiger charge is -2.02. The van der Waals surface area contributed by atoms with Crippen molar-refractivity contribution in [3.05, 3.63) is 64.9 Å². The molecule has 24 heavy (non-hydrogen) atoms. The molecule has 0 aliphatic rings. The molecule has 0 spiro atoms. The summed E-state index contributed by atoms with van der Waals surface area (Å²) < 4.78 is 19.2. The van der Waals surface area contributed by atoms with Gasteiger partial charge in [-0.25, -0.2) is 4.39 Å². The van der Waals surface area contributed by atoms with Gasteiger partial charge in [0.05, 0.1) is 5.56 Å². The molecule has 3 aromatic rings. The van der Waals surface area contributed by atoms with E-state index in [2.05, 4.69) is 5.32 Å². The Morgan fingerprint density at radius 3 is 2.46 bits per heavy atom. The summed E-state index contributed by atoms with van der Waals surface area (Å²) in [5, 5.41) is 22.4. The maximum atomic E-state index is 14.0. The van der Waals surface area contributed by atoms with Crippen LogP contribution in [0.5, 0.6) is 11.5 Å². The molecule has 5 nitrogen and oxygen atoms in total. The van der Waals surface area contributed by atoms with Gasteiger partial charge in [-0.15, -0.1) is 0 Å². The summed E-state index contributed by atoms with van der Waals surface area (Å²) in [6.45, 7) is 0. The molecule has 0 bridgehead atoms. The Hall–Kier alpha value is -2.99. The Labute approximate surface area is 140 Å². The monoisotopic (exact) mass is 347 g/mol. The molecule has 0 aliphatic carbocycles. The summed E-state index contributed by atoms with van der Waals surface area (Å²) in [7, 11) is 0. The highest BCUT2D eigenvalue weighted by molar-refractivity contribution is 6.30. The van der Waals surface area contributed by atoms with Crippen molar-refractivity contribution in [2.45, 2.75) is 0 Å². The summed E-state index contributed by atoms with van der Waals surface area (Å²) in [6, 6.07) is 11.9. The molecular formula is C17H11ClFNO4. The van der Waals surface area contributed by atoms with Gasteiger partial charge in [0.1, 0.15) is 5.82 Å². The van der Waals surface area contributed by atoms with Gasteiger partial charge < -0.3 is 14.6 Å². The van der Waals surface area contributed by atoms with Gasteiger partial charge in [0, 0.05) is 10.6 Å². The molecule has 0 aliphatic heterocycles. The van der Waals surface area contributed by atoms with E-state index in [1.165, 1.54) is 12.1 Å². The third-order valence-electron chi connectivity index (χ3n) is 3.30. The number of aromatic hydroxyl groups is 2. The predicted octanol–water partition coefficient (Wildman–Crippen LogP) is 4.40. The second-order valence-corrected chi connectivity index (χ2v) is 5.34. The molecule has 3 rings (SSSR count). The van der Waals surface area contributed by atoms with Crippen LogP contribution < -0.4 is 5.32 Å². The Balaban J connectivity index is 1.95. The highest BCUT2D eigenvalue weighted by Gasteiger charge is 2.24. The number of benzene rings is 2. The van der Waals surface area contributed by atoms with E-state index < -0.39 is 23.2 Å². The fourth-order valence-corrected chi connectivity index (χ4v) is 2.28. The third kappa shape index (κ3) is 2.91. The molecule has 0 radical (unpaired) electrons. The van der Waals surface area contributed by atoms with Crippen molar-refractivity contribution in [3.63, 3.8) is 0 Å². The van der Waals surface area contributed by atoms with Crippen LogP contribution in [0.15, 0.2) is 52.9 Å². The molecule has 2 aromatic carbocycles. The maximum absolute atomic E-state index is 14.0.